The fourth-order valence-electron chi connectivity index (χ4n) is 3.63. The molecule has 4 heteroatoms. The number of hydrogen-bond donors (Lipinski definition) is 0. The van der Waals surface area contributed by atoms with Crippen molar-refractivity contribution < 1.29 is 9.53 Å². The largest absolute Gasteiger partial charge is 0.444 e. The van der Waals surface area contributed by atoms with Crippen LogP contribution in [0.2, 0.25) is 0 Å². The fraction of sp³-hybridized carbons (Fsp3) is 0.667. The van der Waals surface area contributed by atoms with Crippen LogP contribution in [0.1, 0.15) is 62.9 Å². The van der Waals surface area contributed by atoms with Gasteiger partial charge in [0.15, 0.2) is 0 Å². The monoisotopic (exact) mass is 346 g/mol. The molecular formula is C21H34N2O2. The van der Waals surface area contributed by atoms with Gasteiger partial charge in [0.2, 0.25) is 0 Å². The van der Waals surface area contributed by atoms with Crippen molar-refractivity contribution in [2.75, 3.05) is 19.6 Å². The van der Waals surface area contributed by atoms with Crippen LogP contribution in [0, 0.1) is 20.8 Å². The average Bonchev–Trinajstić information content (AvgIpc) is 2.48. The molecule has 0 N–H and O–H groups in total. The fourth-order valence-corrected chi connectivity index (χ4v) is 3.63. The first-order chi connectivity index (χ1) is 11.5. The first kappa shape index (κ1) is 19.8. The number of carbonyl (C=O) groups is 1. The summed E-state index contributed by atoms with van der Waals surface area (Å²) in [6, 6.07) is 5.05. The van der Waals surface area contributed by atoms with Crippen LogP contribution in [0.3, 0.4) is 0 Å². The summed E-state index contributed by atoms with van der Waals surface area (Å²) in [6.45, 7) is 19.1. The minimum Gasteiger partial charge on any atom is -0.444 e. The summed E-state index contributed by atoms with van der Waals surface area (Å²) < 4.78 is 5.55. The lowest BCUT2D eigenvalue weighted by molar-refractivity contribution is -0.00352. The number of hydrogen-bond acceptors (Lipinski definition) is 3. The standard InChI is InChI=1S/C21H34N2O2/c1-14-11-15(2)17(4)19(12-14)18(5)22-9-10-23(16(3)13-22)20(24)25-21(6,7)8/h11-12,16,18H,9-10,13H2,1-8H3/t16-,18-/m1/s1. The zero-order valence-electron chi connectivity index (χ0n) is 17.1. The Morgan fingerprint density at radius 3 is 2.40 bits per heavy atom. The molecule has 0 bridgehead atoms. The second-order valence-electron chi connectivity index (χ2n) is 8.49. The molecule has 0 aromatic heterocycles. The van der Waals surface area contributed by atoms with Gasteiger partial charge in [-0.2, -0.15) is 0 Å². The molecule has 1 aliphatic heterocycles. The molecule has 1 saturated heterocycles. The van der Waals surface area contributed by atoms with Gasteiger partial charge < -0.3 is 9.64 Å². The molecule has 2 atom stereocenters. The van der Waals surface area contributed by atoms with Gasteiger partial charge in [0.1, 0.15) is 5.60 Å². The minimum absolute atomic E-state index is 0.150. The van der Waals surface area contributed by atoms with Crippen LogP contribution in [0.25, 0.3) is 0 Å². The van der Waals surface area contributed by atoms with Crippen LogP contribution >= 0.6 is 0 Å². The first-order valence-electron chi connectivity index (χ1n) is 9.31. The quantitative estimate of drug-likeness (QED) is 0.784. The van der Waals surface area contributed by atoms with Crippen LogP contribution in [0.5, 0.6) is 0 Å². The van der Waals surface area contributed by atoms with Crippen LogP contribution < -0.4 is 0 Å². The molecule has 1 aliphatic rings. The number of rotatable bonds is 2. The number of nitrogens with zero attached hydrogens (tertiary/aromatic N) is 2. The Kier molecular flexibility index (Phi) is 5.82. The van der Waals surface area contributed by atoms with E-state index in [1.807, 2.05) is 25.7 Å². The van der Waals surface area contributed by atoms with E-state index in [1.54, 1.807) is 0 Å². The predicted molar refractivity (Wildman–Crippen MR) is 103 cm³/mol. The topological polar surface area (TPSA) is 32.8 Å². The smallest absolute Gasteiger partial charge is 0.410 e. The number of amides is 1. The van der Waals surface area contributed by atoms with Gasteiger partial charge in [-0.25, -0.2) is 4.79 Å². The van der Waals surface area contributed by atoms with Crippen molar-refractivity contribution in [1.82, 2.24) is 9.80 Å². The van der Waals surface area contributed by atoms with Crippen molar-refractivity contribution in [3.63, 3.8) is 0 Å². The van der Waals surface area contributed by atoms with Gasteiger partial charge in [0, 0.05) is 31.7 Å². The van der Waals surface area contributed by atoms with E-state index in [4.69, 9.17) is 4.74 Å². The van der Waals surface area contributed by atoms with E-state index in [0.717, 1.165) is 13.1 Å². The average molecular weight is 347 g/mol. The van der Waals surface area contributed by atoms with E-state index < -0.39 is 5.60 Å². The van der Waals surface area contributed by atoms with E-state index in [0.29, 0.717) is 12.6 Å². The number of carbonyl (C=O) groups excluding carboxylic acids is 1. The second kappa shape index (κ2) is 7.36. The van der Waals surface area contributed by atoms with E-state index in [9.17, 15) is 4.79 Å². The molecule has 140 valence electrons. The number of aryl methyl sites for hydroxylation is 2. The molecule has 0 aliphatic carbocycles. The summed E-state index contributed by atoms with van der Waals surface area (Å²) in [5, 5.41) is 0. The highest BCUT2D eigenvalue weighted by molar-refractivity contribution is 5.68. The van der Waals surface area contributed by atoms with Gasteiger partial charge in [-0.1, -0.05) is 17.7 Å². The minimum atomic E-state index is -0.447. The zero-order chi connectivity index (χ0) is 18.9. The summed E-state index contributed by atoms with van der Waals surface area (Å²) >= 11 is 0. The van der Waals surface area contributed by atoms with Gasteiger partial charge in [-0.3, -0.25) is 4.90 Å². The van der Waals surface area contributed by atoms with Gasteiger partial charge in [0.05, 0.1) is 0 Å². The molecule has 0 saturated carbocycles. The summed E-state index contributed by atoms with van der Waals surface area (Å²) in [5.41, 5.74) is 4.99. The lowest BCUT2D eigenvalue weighted by Gasteiger charge is -2.43. The third kappa shape index (κ3) is 4.75. The SMILES string of the molecule is Cc1cc(C)c(C)c([C@@H](C)N2CCN(C(=O)OC(C)(C)C)[C@H](C)C2)c1. The van der Waals surface area contributed by atoms with Crippen LogP contribution in [-0.2, 0) is 4.74 Å². The van der Waals surface area contributed by atoms with Gasteiger partial charge in [-0.15, -0.1) is 0 Å². The van der Waals surface area contributed by atoms with Crippen LogP contribution in [-0.4, -0.2) is 47.2 Å². The van der Waals surface area contributed by atoms with Gasteiger partial charge >= 0.3 is 6.09 Å². The van der Waals surface area contributed by atoms with E-state index in [-0.39, 0.29) is 12.1 Å². The Bertz CT molecular complexity index is 634. The summed E-state index contributed by atoms with van der Waals surface area (Å²) in [7, 11) is 0. The van der Waals surface area contributed by atoms with Crippen molar-refractivity contribution in [3.05, 3.63) is 34.4 Å². The van der Waals surface area contributed by atoms with Crippen molar-refractivity contribution in [1.29, 1.82) is 0 Å². The molecule has 2 rings (SSSR count). The Morgan fingerprint density at radius 1 is 1.20 bits per heavy atom. The summed E-state index contributed by atoms with van der Waals surface area (Å²) in [5.74, 6) is 0. The third-order valence-corrected chi connectivity index (χ3v) is 5.14. The third-order valence-electron chi connectivity index (χ3n) is 5.14. The van der Waals surface area contributed by atoms with Crippen molar-refractivity contribution in [3.8, 4) is 0 Å². The van der Waals surface area contributed by atoms with E-state index in [2.05, 4.69) is 51.7 Å². The number of benzene rings is 1. The highest BCUT2D eigenvalue weighted by Gasteiger charge is 2.33. The molecule has 1 heterocycles. The van der Waals surface area contributed by atoms with E-state index >= 15 is 0 Å². The van der Waals surface area contributed by atoms with Crippen LogP contribution in [0.4, 0.5) is 4.79 Å². The van der Waals surface area contributed by atoms with Gasteiger partial charge in [0.25, 0.3) is 0 Å². The first-order valence-corrected chi connectivity index (χ1v) is 9.31. The second-order valence-corrected chi connectivity index (χ2v) is 8.49. The molecule has 4 nitrogen and oxygen atoms in total. The van der Waals surface area contributed by atoms with E-state index in [1.165, 1.54) is 22.3 Å². The highest BCUT2D eigenvalue weighted by Crippen LogP contribution is 2.29. The molecule has 1 aromatic carbocycles. The maximum absolute atomic E-state index is 12.4. The highest BCUT2D eigenvalue weighted by atomic mass is 16.6. The Balaban J connectivity index is 2.09. The van der Waals surface area contributed by atoms with Gasteiger partial charge in [-0.05, 0) is 72.1 Å². The maximum Gasteiger partial charge on any atom is 0.410 e. The van der Waals surface area contributed by atoms with Crippen LogP contribution in [0.15, 0.2) is 12.1 Å². The Morgan fingerprint density at radius 2 is 1.84 bits per heavy atom. The molecular weight excluding hydrogens is 312 g/mol. The molecule has 0 radical (unpaired) electrons. The summed E-state index contributed by atoms with van der Waals surface area (Å²) in [4.78, 5) is 16.7. The maximum atomic E-state index is 12.4. The molecule has 25 heavy (non-hydrogen) atoms. The number of piperazine rings is 1. The molecule has 1 amide bonds. The van der Waals surface area contributed by atoms with Crippen molar-refractivity contribution in [2.45, 2.75) is 73.1 Å². The Hall–Kier alpha value is -1.55. The lowest BCUT2D eigenvalue weighted by Crippen LogP contribution is -2.55. The summed E-state index contributed by atoms with van der Waals surface area (Å²) in [6.07, 6.45) is -0.199. The Labute approximate surface area is 153 Å². The van der Waals surface area contributed by atoms with Crippen molar-refractivity contribution in [2.24, 2.45) is 0 Å². The zero-order valence-corrected chi connectivity index (χ0v) is 17.1. The molecule has 1 fully saturated rings. The molecule has 1 aromatic rings. The number of ether oxygens (including phenoxy) is 1. The molecule has 0 unspecified atom stereocenters. The molecule has 0 spiro atoms. The van der Waals surface area contributed by atoms with Crippen molar-refractivity contribution >= 4 is 6.09 Å². The lowest BCUT2D eigenvalue weighted by atomic mass is 9.94. The predicted octanol–water partition coefficient (Wildman–Crippen LogP) is 4.61. The normalized spacial score (nSPS) is 20.5.